The van der Waals surface area contributed by atoms with Gasteiger partial charge in [0.2, 0.25) is 0 Å². The van der Waals surface area contributed by atoms with Gasteiger partial charge in [0.15, 0.2) is 5.79 Å². The molecule has 1 rings (SSSR count). The van der Waals surface area contributed by atoms with Gasteiger partial charge in [-0.25, -0.2) is 0 Å². The Labute approximate surface area is 95.8 Å². The number of aliphatic hydroxyl groups is 6. The van der Waals surface area contributed by atoms with Crippen molar-refractivity contribution in [2.75, 3.05) is 26.4 Å². The monoisotopic (exact) mass is 240 g/mol. The largest absolute Gasteiger partial charge is 0.394 e. The van der Waals surface area contributed by atoms with Gasteiger partial charge >= 0.3 is 0 Å². The molecule has 6 nitrogen and oxygen atoms in total. The van der Waals surface area contributed by atoms with Crippen LogP contribution in [0.15, 0.2) is 0 Å². The van der Waals surface area contributed by atoms with Crippen LogP contribution in [0.5, 0.6) is 0 Å². The Morgan fingerprint density at radius 1 is 0.625 bits per heavy atom. The van der Waals surface area contributed by atoms with Crippen LogP contribution < -0.4 is 0 Å². The van der Waals surface area contributed by atoms with Gasteiger partial charge in [-0.05, 0) is 12.8 Å². The van der Waals surface area contributed by atoms with E-state index in [1.807, 2.05) is 0 Å². The van der Waals surface area contributed by atoms with Gasteiger partial charge in [0, 0.05) is 12.8 Å². The molecule has 1 aliphatic carbocycles. The van der Waals surface area contributed by atoms with Crippen LogP contribution in [0, 0.1) is 0 Å². The molecule has 6 heteroatoms. The molecule has 0 aromatic rings. The summed E-state index contributed by atoms with van der Waals surface area (Å²) in [5.41, 5.74) is 0. The van der Waals surface area contributed by atoms with Crippen LogP contribution in [0.25, 0.3) is 0 Å². The van der Waals surface area contributed by atoms with E-state index in [1.165, 1.54) is 0 Å². The molecular formula is C10H24O6. The van der Waals surface area contributed by atoms with Gasteiger partial charge in [-0.3, -0.25) is 0 Å². The van der Waals surface area contributed by atoms with Crippen LogP contribution in [0.4, 0.5) is 0 Å². The molecule has 0 heterocycles. The lowest BCUT2D eigenvalue weighted by Gasteiger charge is -2.25. The first-order chi connectivity index (χ1) is 7.54. The van der Waals surface area contributed by atoms with Crippen LogP contribution in [-0.4, -0.2) is 62.9 Å². The Morgan fingerprint density at radius 3 is 1.06 bits per heavy atom. The van der Waals surface area contributed by atoms with Crippen molar-refractivity contribution in [3.63, 3.8) is 0 Å². The zero-order chi connectivity index (χ0) is 12.9. The molecule has 0 saturated heterocycles. The fourth-order valence-electron chi connectivity index (χ4n) is 1.12. The normalized spacial score (nSPS) is 17.6. The summed E-state index contributed by atoms with van der Waals surface area (Å²) in [7, 11) is 0. The van der Waals surface area contributed by atoms with Gasteiger partial charge in [-0.15, -0.1) is 0 Å². The second-order valence-electron chi connectivity index (χ2n) is 3.44. The minimum absolute atomic E-state index is 0.125. The average Bonchev–Trinajstić information content (AvgIpc) is 2.29. The van der Waals surface area contributed by atoms with Crippen LogP contribution in [0.2, 0.25) is 0 Å². The Bertz CT molecular complexity index is 112. The standard InChI is InChI=1S/C6H12O2.2C2H6O2/c7-6(8)4-2-1-3-5-6;2*3-1-2-4/h7-8H,1-5H2;2*3-4H,1-2H2. The predicted molar refractivity (Wildman–Crippen MR) is 58.6 cm³/mol. The summed E-state index contributed by atoms with van der Waals surface area (Å²) >= 11 is 0. The highest BCUT2D eigenvalue weighted by atomic mass is 16.5. The average molecular weight is 240 g/mol. The van der Waals surface area contributed by atoms with Gasteiger partial charge in [-0.2, -0.15) is 0 Å². The summed E-state index contributed by atoms with van der Waals surface area (Å²) < 4.78 is 0. The van der Waals surface area contributed by atoms with Gasteiger partial charge in [0.25, 0.3) is 0 Å². The van der Waals surface area contributed by atoms with Gasteiger partial charge in [-0.1, -0.05) is 6.42 Å². The Balaban J connectivity index is 0. The molecule has 0 radical (unpaired) electrons. The van der Waals surface area contributed by atoms with E-state index in [1.54, 1.807) is 0 Å². The molecule has 0 aromatic heterocycles. The van der Waals surface area contributed by atoms with Crippen LogP contribution in [0.1, 0.15) is 32.1 Å². The third-order valence-corrected chi connectivity index (χ3v) is 1.85. The maximum Gasteiger partial charge on any atom is 0.162 e. The van der Waals surface area contributed by atoms with Crippen LogP contribution in [0.3, 0.4) is 0 Å². The predicted octanol–water partition coefficient (Wildman–Crippen LogP) is -1.43. The lowest BCUT2D eigenvalue weighted by atomic mass is 9.95. The van der Waals surface area contributed by atoms with Crippen molar-refractivity contribution in [3.8, 4) is 0 Å². The fourth-order valence-corrected chi connectivity index (χ4v) is 1.12. The molecular weight excluding hydrogens is 216 g/mol. The number of hydrogen-bond donors (Lipinski definition) is 6. The molecule has 0 aliphatic heterocycles. The zero-order valence-corrected chi connectivity index (χ0v) is 9.55. The summed E-state index contributed by atoms with van der Waals surface area (Å²) in [4.78, 5) is 0. The molecule has 100 valence electrons. The fraction of sp³-hybridized carbons (Fsp3) is 1.00. The van der Waals surface area contributed by atoms with Crippen molar-refractivity contribution >= 4 is 0 Å². The molecule has 1 saturated carbocycles. The first-order valence-electron chi connectivity index (χ1n) is 5.42. The topological polar surface area (TPSA) is 121 Å². The van der Waals surface area contributed by atoms with E-state index in [-0.39, 0.29) is 26.4 Å². The van der Waals surface area contributed by atoms with Crippen molar-refractivity contribution in [2.45, 2.75) is 37.9 Å². The Hall–Kier alpha value is -0.240. The first-order valence-corrected chi connectivity index (χ1v) is 5.42. The molecule has 0 unspecified atom stereocenters. The maximum absolute atomic E-state index is 8.93. The second-order valence-corrected chi connectivity index (χ2v) is 3.44. The highest BCUT2D eigenvalue weighted by molar-refractivity contribution is 4.69. The summed E-state index contributed by atoms with van der Waals surface area (Å²) in [5.74, 6) is -1.32. The van der Waals surface area contributed by atoms with Crippen molar-refractivity contribution in [1.29, 1.82) is 0 Å². The zero-order valence-electron chi connectivity index (χ0n) is 9.55. The van der Waals surface area contributed by atoms with Crippen molar-refractivity contribution < 1.29 is 30.6 Å². The van der Waals surface area contributed by atoms with E-state index in [2.05, 4.69) is 0 Å². The lowest BCUT2D eigenvalue weighted by Crippen LogP contribution is -2.30. The molecule has 0 spiro atoms. The highest BCUT2D eigenvalue weighted by Gasteiger charge is 2.24. The molecule has 6 N–H and O–H groups in total. The smallest absolute Gasteiger partial charge is 0.162 e. The minimum atomic E-state index is -1.32. The molecule has 0 amide bonds. The van der Waals surface area contributed by atoms with Crippen molar-refractivity contribution in [3.05, 3.63) is 0 Å². The summed E-state index contributed by atoms with van der Waals surface area (Å²) in [6, 6.07) is 0. The van der Waals surface area contributed by atoms with Gasteiger partial charge < -0.3 is 30.6 Å². The Kier molecular flexibility index (Phi) is 14.5. The lowest BCUT2D eigenvalue weighted by molar-refractivity contribution is -0.180. The maximum atomic E-state index is 8.93. The Morgan fingerprint density at radius 2 is 0.938 bits per heavy atom. The SMILES string of the molecule is OC1(O)CCCCC1.OCCO.OCCO. The van der Waals surface area contributed by atoms with Crippen LogP contribution >= 0.6 is 0 Å². The van der Waals surface area contributed by atoms with Crippen molar-refractivity contribution in [1.82, 2.24) is 0 Å². The molecule has 0 aromatic carbocycles. The highest BCUT2D eigenvalue weighted by Crippen LogP contribution is 2.24. The second kappa shape index (κ2) is 12.8. The van der Waals surface area contributed by atoms with E-state index >= 15 is 0 Å². The molecule has 1 fully saturated rings. The molecule has 16 heavy (non-hydrogen) atoms. The molecule has 1 aliphatic rings. The summed E-state index contributed by atoms with van der Waals surface area (Å²) in [6.07, 6.45) is 4.21. The third-order valence-electron chi connectivity index (χ3n) is 1.85. The van der Waals surface area contributed by atoms with Gasteiger partial charge in [0.05, 0.1) is 26.4 Å². The van der Waals surface area contributed by atoms with E-state index in [9.17, 15) is 0 Å². The van der Waals surface area contributed by atoms with E-state index in [0.717, 1.165) is 19.3 Å². The quantitative estimate of drug-likeness (QED) is 0.329. The van der Waals surface area contributed by atoms with Crippen LogP contribution in [-0.2, 0) is 0 Å². The number of rotatable bonds is 2. The van der Waals surface area contributed by atoms with E-state index in [0.29, 0.717) is 12.8 Å². The molecule has 0 bridgehead atoms. The minimum Gasteiger partial charge on any atom is -0.394 e. The van der Waals surface area contributed by atoms with Gasteiger partial charge in [0.1, 0.15) is 0 Å². The number of hydrogen-bond acceptors (Lipinski definition) is 6. The van der Waals surface area contributed by atoms with E-state index < -0.39 is 5.79 Å². The van der Waals surface area contributed by atoms with E-state index in [4.69, 9.17) is 30.6 Å². The number of aliphatic hydroxyl groups excluding tert-OH is 4. The first kappa shape index (κ1) is 18.1. The summed E-state index contributed by atoms with van der Waals surface area (Å²) in [6.45, 7) is -0.500. The molecule has 0 atom stereocenters. The third kappa shape index (κ3) is 16.2. The van der Waals surface area contributed by atoms with Crippen molar-refractivity contribution in [2.24, 2.45) is 0 Å². The summed E-state index contributed by atoms with van der Waals surface area (Å²) in [5, 5.41) is 48.4.